The summed E-state index contributed by atoms with van der Waals surface area (Å²) in [6, 6.07) is 0. The molecule has 0 bridgehead atoms. The first kappa shape index (κ1) is 8.84. The van der Waals surface area contributed by atoms with Crippen LogP contribution in [0.15, 0.2) is 0 Å². The molecule has 5 heteroatoms. The fourth-order valence-corrected chi connectivity index (χ4v) is 0.207. The fourth-order valence-electron chi connectivity index (χ4n) is 0.0689. The summed E-state index contributed by atoms with van der Waals surface area (Å²) >= 11 is 0. The molecule has 0 heterocycles. The van der Waals surface area contributed by atoms with E-state index < -0.39 is 21.5 Å². The second-order valence-electron chi connectivity index (χ2n) is 2.37. The fraction of sp³-hybridized carbons (Fsp3) is 1.00. The van der Waals surface area contributed by atoms with Gasteiger partial charge in [0.05, 0.1) is 0 Å². The van der Waals surface area contributed by atoms with Gasteiger partial charge in [0.15, 0.2) is 0 Å². The molecule has 1 N–H and O–H groups in total. The zero-order valence-electron chi connectivity index (χ0n) is 5.26. The predicted octanol–water partition coefficient (Wildman–Crippen LogP) is 0.622. The van der Waals surface area contributed by atoms with Crippen molar-refractivity contribution in [2.75, 3.05) is 6.67 Å². The first-order valence-electron chi connectivity index (χ1n) is 2.34. The highest BCUT2D eigenvalue weighted by molar-refractivity contribution is 7.87. The van der Waals surface area contributed by atoms with Crippen molar-refractivity contribution in [3.63, 3.8) is 0 Å². The van der Waals surface area contributed by atoms with E-state index in [0.717, 1.165) is 13.8 Å². The summed E-state index contributed by atoms with van der Waals surface area (Å²) in [6.07, 6.45) is 0. The molecular formula is C4H9FO3S. The summed E-state index contributed by atoms with van der Waals surface area (Å²) < 4.78 is 38.7. The Hall–Kier alpha value is -0.160. The van der Waals surface area contributed by atoms with Gasteiger partial charge in [-0.25, -0.2) is 4.39 Å². The van der Waals surface area contributed by atoms with E-state index in [1.807, 2.05) is 0 Å². The van der Waals surface area contributed by atoms with Crippen molar-refractivity contribution in [3.8, 4) is 0 Å². The molecule has 0 saturated carbocycles. The van der Waals surface area contributed by atoms with Gasteiger partial charge in [-0.3, -0.25) is 4.55 Å². The van der Waals surface area contributed by atoms with E-state index >= 15 is 0 Å². The Morgan fingerprint density at radius 3 is 1.89 bits per heavy atom. The maximum atomic E-state index is 11.7. The Morgan fingerprint density at radius 1 is 1.56 bits per heavy atom. The number of alkyl halides is 1. The number of rotatable bonds is 2. The van der Waals surface area contributed by atoms with Gasteiger partial charge in [0.25, 0.3) is 10.1 Å². The minimum atomic E-state index is -4.23. The van der Waals surface area contributed by atoms with E-state index in [9.17, 15) is 12.8 Å². The molecule has 0 radical (unpaired) electrons. The summed E-state index contributed by atoms with van der Waals surface area (Å²) in [5.41, 5.74) is 0. The first-order chi connectivity index (χ1) is 3.81. The third-order valence-corrected chi connectivity index (χ3v) is 2.53. The molecule has 0 aliphatic heterocycles. The standard InChI is InChI=1S/C4H9FO3S/c1-4(2,3-5)9(6,7)8/h3H2,1-2H3,(H,6,7,8). The second-order valence-corrected chi connectivity index (χ2v) is 4.42. The van der Waals surface area contributed by atoms with Crippen LogP contribution in [-0.4, -0.2) is 24.4 Å². The molecule has 56 valence electrons. The van der Waals surface area contributed by atoms with Gasteiger partial charge in [0, 0.05) is 0 Å². The summed E-state index contributed by atoms with van der Waals surface area (Å²) in [6.45, 7) is 1.15. The molecule has 0 spiro atoms. The highest BCUT2D eigenvalue weighted by Gasteiger charge is 2.32. The van der Waals surface area contributed by atoms with Crippen LogP contribution < -0.4 is 0 Å². The molecule has 0 rings (SSSR count). The number of hydrogen-bond acceptors (Lipinski definition) is 2. The summed E-state index contributed by atoms with van der Waals surface area (Å²) in [4.78, 5) is 0. The molecule has 3 nitrogen and oxygen atoms in total. The van der Waals surface area contributed by atoms with Gasteiger partial charge in [-0.1, -0.05) is 0 Å². The van der Waals surface area contributed by atoms with E-state index in [0.29, 0.717) is 0 Å². The van der Waals surface area contributed by atoms with Gasteiger partial charge in [-0.2, -0.15) is 8.42 Å². The van der Waals surface area contributed by atoms with Crippen LogP contribution in [0.5, 0.6) is 0 Å². The van der Waals surface area contributed by atoms with Crippen LogP contribution in [0, 0.1) is 0 Å². The average Bonchev–Trinajstić information content (AvgIpc) is 1.64. The van der Waals surface area contributed by atoms with Gasteiger partial charge in [0.1, 0.15) is 11.4 Å². The largest absolute Gasteiger partial charge is 0.285 e. The van der Waals surface area contributed by atoms with Gasteiger partial charge in [-0.05, 0) is 13.8 Å². The maximum Gasteiger partial charge on any atom is 0.272 e. The van der Waals surface area contributed by atoms with Crippen molar-refractivity contribution >= 4 is 10.1 Å². The summed E-state index contributed by atoms with van der Waals surface area (Å²) in [7, 11) is -4.23. The Balaban J connectivity index is 4.56. The van der Waals surface area contributed by atoms with E-state index in [4.69, 9.17) is 4.55 Å². The molecule has 0 aromatic carbocycles. The Labute approximate surface area is 53.6 Å². The zero-order valence-corrected chi connectivity index (χ0v) is 6.07. The molecule has 0 fully saturated rings. The topological polar surface area (TPSA) is 54.4 Å². The minimum absolute atomic E-state index is 1.08. The molecule has 0 saturated heterocycles. The van der Waals surface area contributed by atoms with Gasteiger partial charge >= 0.3 is 0 Å². The molecule has 0 aliphatic carbocycles. The quantitative estimate of drug-likeness (QED) is 0.596. The Morgan fingerprint density at radius 2 is 1.89 bits per heavy atom. The molecule has 0 aromatic heterocycles. The van der Waals surface area contributed by atoms with Crippen molar-refractivity contribution in [1.29, 1.82) is 0 Å². The lowest BCUT2D eigenvalue weighted by Gasteiger charge is -2.14. The van der Waals surface area contributed by atoms with Crippen molar-refractivity contribution in [1.82, 2.24) is 0 Å². The highest BCUT2D eigenvalue weighted by Crippen LogP contribution is 2.14. The lowest BCUT2D eigenvalue weighted by atomic mass is 10.2. The van der Waals surface area contributed by atoms with Crippen molar-refractivity contribution in [2.24, 2.45) is 0 Å². The monoisotopic (exact) mass is 156 g/mol. The third kappa shape index (κ3) is 1.91. The summed E-state index contributed by atoms with van der Waals surface area (Å²) in [5.74, 6) is 0. The number of hydrogen-bond donors (Lipinski definition) is 1. The SMILES string of the molecule is CC(C)(CF)S(=O)(=O)O. The molecule has 0 aromatic rings. The van der Waals surface area contributed by atoms with E-state index in [-0.39, 0.29) is 0 Å². The molecule has 9 heavy (non-hydrogen) atoms. The minimum Gasteiger partial charge on any atom is -0.285 e. The average molecular weight is 156 g/mol. The highest BCUT2D eigenvalue weighted by atomic mass is 32.2. The third-order valence-electron chi connectivity index (χ3n) is 1.02. The van der Waals surface area contributed by atoms with Crippen molar-refractivity contribution in [2.45, 2.75) is 18.6 Å². The lowest BCUT2D eigenvalue weighted by molar-refractivity contribution is 0.375. The molecule has 0 amide bonds. The molecule has 0 atom stereocenters. The molecule has 0 aliphatic rings. The Kier molecular flexibility index (Phi) is 2.19. The predicted molar refractivity (Wildman–Crippen MR) is 31.6 cm³/mol. The summed E-state index contributed by atoms with van der Waals surface area (Å²) in [5, 5.41) is 0. The van der Waals surface area contributed by atoms with Crippen LogP contribution in [-0.2, 0) is 10.1 Å². The van der Waals surface area contributed by atoms with Gasteiger partial charge in [0.2, 0.25) is 0 Å². The van der Waals surface area contributed by atoms with Crippen molar-refractivity contribution < 1.29 is 17.4 Å². The van der Waals surface area contributed by atoms with Crippen LogP contribution in [0.25, 0.3) is 0 Å². The zero-order chi connectivity index (χ0) is 7.71. The van der Waals surface area contributed by atoms with Crippen LogP contribution in [0.4, 0.5) is 4.39 Å². The maximum absolute atomic E-state index is 11.7. The first-order valence-corrected chi connectivity index (χ1v) is 3.78. The van der Waals surface area contributed by atoms with E-state index in [2.05, 4.69) is 0 Å². The van der Waals surface area contributed by atoms with Crippen LogP contribution in [0.2, 0.25) is 0 Å². The van der Waals surface area contributed by atoms with Crippen LogP contribution in [0.1, 0.15) is 13.8 Å². The van der Waals surface area contributed by atoms with Crippen molar-refractivity contribution in [3.05, 3.63) is 0 Å². The van der Waals surface area contributed by atoms with E-state index in [1.165, 1.54) is 0 Å². The second kappa shape index (κ2) is 2.22. The van der Waals surface area contributed by atoms with Gasteiger partial charge < -0.3 is 0 Å². The Bertz CT molecular complexity index is 182. The molecular weight excluding hydrogens is 147 g/mol. The van der Waals surface area contributed by atoms with Crippen LogP contribution in [0.3, 0.4) is 0 Å². The van der Waals surface area contributed by atoms with Crippen LogP contribution >= 0.6 is 0 Å². The number of halogens is 1. The normalized spacial score (nSPS) is 13.8. The van der Waals surface area contributed by atoms with E-state index in [1.54, 1.807) is 0 Å². The van der Waals surface area contributed by atoms with Gasteiger partial charge in [-0.15, -0.1) is 0 Å². The smallest absolute Gasteiger partial charge is 0.272 e. The molecule has 0 unspecified atom stereocenters. The lowest BCUT2D eigenvalue weighted by Crippen LogP contribution is -2.33.